The zero-order valence-corrected chi connectivity index (χ0v) is 18.2. The largest absolute Gasteiger partial charge is 0.489 e. The van der Waals surface area contributed by atoms with Crippen molar-refractivity contribution in [2.45, 2.75) is 51.9 Å². The summed E-state index contributed by atoms with van der Waals surface area (Å²) in [6, 6.07) is 9.18. The maximum Gasteiger partial charge on any atom is 0.209 e. The van der Waals surface area contributed by atoms with E-state index in [1.807, 2.05) is 30.3 Å². The van der Waals surface area contributed by atoms with Gasteiger partial charge in [-0.2, -0.15) is 0 Å². The minimum Gasteiger partial charge on any atom is -0.489 e. The molecule has 3 nitrogen and oxygen atoms in total. The Morgan fingerprint density at radius 1 is 1.32 bits per heavy atom. The fourth-order valence-electron chi connectivity index (χ4n) is 3.87. The Kier molecular flexibility index (Phi) is 8.05. The molecule has 1 aromatic carbocycles. The van der Waals surface area contributed by atoms with Crippen molar-refractivity contribution >= 4 is 20.6 Å². The molecule has 0 heterocycles. The molecule has 0 bridgehead atoms. The van der Waals surface area contributed by atoms with E-state index in [4.69, 9.17) is 10.5 Å². The predicted octanol–water partition coefficient (Wildman–Crippen LogP) is 6.28. The lowest BCUT2D eigenvalue weighted by atomic mass is 9.63. The summed E-state index contributed by atoms with van der Waals surface area (Å²) in [7, 11) is 0. The number of unbranched alkanes of at least 4 members (excludes halogenated alkanes) is 3. The number of allylic oxidation sites excluding steroid dienone is 3. The van der Waals surface area contributed by atoms with Crippen LogP contribution >= 0.6 is 15.9 Å². The summed E-state index contributed by atoms with van der Waals surface area (Å²) in [6.45, 7) is 8.10. The Morgan fingerprint density at radius 2 is 2.00 bits per heavy atom. The van der Waals surface area contributed by atoms with Crippen molar-refractivity contribution < 1.29 is 13.9 Å². The molecule has 2 unspecified atom stereocenters. The van der Waals surface area contributed by atoms with Gasteiger partial charge < -0.3 is 10.5 Å². The van der Waals surface area contributed by atoms with Crippen LogP contribution in [0.2, 0.25) is 0 Å². The Labute approximate surface area is 175 Å². The molecular formula is C23H29BrFNO2. The van der Waals surface area contributed by atoms with Crippen LogP contribution in [-0.4, -0.2) is 11.3 Å². The lowest BCUT2D eigenvalue weighted by Crippen LogP contribution is -2.41. The monoisotopic (exact) mass is 449 g/mol. The summed E-state index contributed by atoms with van der Waals surface area (Å²) in [5.41, 5.74) is 6.62. The minimum absolute atomic E-state index is 0.0660. The Bertz CT molecular complexity index is 772. The lowest BCUT2D eigenvalue weighted by molar-refractivity contribution is -0.118. The van der Waals surface area contributed by atoms with Crippen LogP contribution in [0.15, 0.2) is 65.8 Å². The highest BCUT2D eigenvalue weighted by Gasteiger charge is 2.52. The van der Waals surface area contributed by atoms with Gasteiger partial charge in [0.1, 0.15) is 0 Å². The average Bonchev–Trinajstić information content (AvgIpc) is 2.68. The fourth-order valence-corrected chi connectivity index (χ4v) is 4.56. The van der Waals surface area contributed by atoms with Crippen molar-refractivity contribution in [2.24, 2.45) is 11.1 Å². The second-order valence-electron chi connectivity index (χ2n) is 7.21. The third-order valence-electron chi connectivity index (χ3n) is 5.48. The van der Waals surface area contributed by atoms with E-state index in [0.29, 0.717) is 17.7 Å². The highest BCUT2D eigenvalue weighted by Crippen LogP contribution is 2.56. The third kappa shape index (κ3) is 4.24. The zero-order valence-electron chi connectivity index (χ0n) is 16.6. The molecule has 1 aromatic rings. The van der Waals surface area contributed by atoms with Gasteiger partial charge in [0.2, 0.25) is 4.69 Å². The maximum absolute atomic E-state index is 15.8. The van der Waals surface area contributed by atoms with Crippen LogP contribution in [0.4, 0.5) is 4.39 Å². The lowest BCUT2D eigenvalue weighted by Gasteiger charge is -2.42. The molecule has 2 atom stereocenters. The highest BCUT2D eigenvalue weighted by molar-refractivity contribution is 9.18. The van der Waals surface area contributed by atoms with Crippen molar-refractivity contribution in [2.75, 3.05) is 6.61 Å². The van der Waals surface area contributed by atoms with Crippen LogP contribution in [-0.2, 0) is 9.53 Å². The maximum atomic E-state index is 15.8. The average molecular weight is 450 g/mol. The molecule has 0 saturated carbocycles. The van der Waals surface area contributed by atoms with E-state index < -0.39 is 17.2 Å². The molecule has 152 valence electrons. The first-order valence-electron chi connectivity index (χ1n) is 9.77. The van der Waals surface area contributed by atoms with E-state index in [1.165, 1.54) is 0 Å². The number of ether oxygens (including phenoxy) is 1. The van der Waals surface area contributed by atoms with Crippen molar-refractivity contribution in [1.82, 2.24) is 0 Å². The van der Waals surface area contributed by atoms with Crippen molar-refractivity contribution in [3.05, 3.63) is 71.4 Å². The van der Waals surface area contributed by atoms with E-state index in [2.05, 4.69) is 29.4 Å². The van der Waals surface area contributed by atoms with Gasteiger partial charge in [-0.05, 0) is 46.8 Å². The molecule has 1 aliphatic carbocycles. The molecule has 5 heteroatoms. The Balaban J connectivity index is 2.53. The number of halogens is 2. The van der Waals surface area contributed by atoms with E-state index >= 15 is 4.39 Å². The number of carbonyl (C=O) groups excluding carboxylic acids is 1. The summed E-state index contributed by atoms with van der Waals surface area (Å²) < 4.78 is 21.3. The number of nitrogens with two attached hydrogens (primary N) is 1. The van der Waals surface area contributed by atoms with Crippen molar-refractivity contribution in [1.29, 1.82) is 0 Å². The van der Waals surface area contributed by atoms with Crippen LogP contribution in [0, 0.1) is 5.41 Å². The molecule has 2 rings (SSSR count). The molecular weight excluding hydrogens is 421 g/mol. The third-order valence-corrected chi connectivity index (χ3v) is 6.18. The van der Waals surface area contributed by atoms with Gasteiger partial charge >= 0.3 is 0 Å². The van der Waals surface area contributed by atoms with Crippen LogP contribution in [0.25, 0.3) is 0 Å². The molecule has 0 spiro atoms. The van der Waals surface area contributed by atoms with Gasteiger partial charge in [0.05, 0.1) is 23.6 Å². The number of carbonyl (C=O) groups is 1. The second-order valence-corrected chi connectivity index (χ2v) is 7.93. The smallest absolute Gasteiger partial charge is 0.209 e. The quantitative estimate of drug-likeness (QED) is 0.259. The van der Waals surface area contributed by atoms with Gasteiger partial charge in [0, 0.05) is 0 Å². The Hall–Kier alpha value is -1.88. The second kappa shape index (κ2) is 10.1. The van der Waals surface area contributed by atoms with Gasteiger partial charge in [-0.3, -0.25) is 4.79 Å². The molecule has 0 fully saturated rings. The van der Waals surface area contributed by atoms with E-state index in [-0.39, 0.29) is 22.6 Å². The molecule has 2 N–H and O–H groups in total. The molecule has 0 aliphatic heterocycles. The molecule has 0 radical (unpaired) electrons. The van der Waals surface area contributed by atoms with Gasteiger partial charge in [-0.25, -0.2) is 4.39 Å². The molecule has 0 aromatic heterocycles. The summed E-state index contributed by atoms with van der Waals surface area (Å²) in [4.78, 5) is 12.8. The van der Waals surface area contributed by atoms with Crippen LogP contribution in [0.3, 0.4) is 0 Å². The summed E-state index contributed by atoms with van der Waals surface area (Å²) in [6.07, 6.45) is 5.99. The normalized spacial score (nSPS) is 22.4. The first-order valence-corrected chi connectivity index (χ1v) is 10.6. The minimum atomic E-state index is -1.17. The standard InChI is InChI=1S/C23H29BrFNO2/c1-4-6-7-11-15-28-21-19(25)18(17-12-9-8-10-13-17)23(14-5-2,22(24)27)16(3)20(21)26/h5,8-10,12-13,18H,2,4,6-7,11,14-15,26H2,1,3H3. The van der Waals surface area contributed by atoms with E-state index in [9.17, 15) is 4.79 Å². The topological polar surface area (TPSA) is 52.3 Å². The molecule has 0 saturated heterocycles. The predicted molar refractivity (Wildman–Crippen MR) is 115 cm³/mol. The Morgan fingerprint density at radius 3 is 2.57 bits per heavy atom. The number of benzene rings is 1. The number of hydrogen-bond donors (Lipinski definition) is 1. The van der Waals surface area contributed by atoms with Gasteiger partial charge in [0.15, 0.2) is 11.6 Å². The fraction of sp³-hybridized carbons (Fsp3) is 0.435. The van der Waals surface area contributed by atoms with Crippen molar-refractivity contribution in [3.8, 4) is 0 Å². The first kappa shape index (κ1) is 22.4. The van der Waals surface area contributed by atoms with Crippen LogP contribution in [0.1, 0.15) is 57.4 Å². The molecule has 1 aliphatic rings. The summed E-state index contributed by atoms with van der Waals surface area (Å²) in [5, 5.41) is 0. The SMILES string of the molecule is C=CCC1(C(=O)Br)C(C)=C(N)C(OCCCCCC)=C(F)C1c1ccccc1. The zero-order chi connectivity index (χ0) is 20.7. The van der Waals surface area contributed by atoms with Gasteiger partial charge in [-0.1, -0.05) is 62.6 Å². The van der Waals surface area contributed by atoms with Crippen LogP contribution < -0.4 is 5.73 Å². The molecule has 0 amide bonds. The summed E-state index contributed by atoms with van der Waals surface area (Å²) in [5.74, 6) is -1.26. The highest BCUT2D eigenvalue weighted by atomic mass is 79.9. The van der Waals surface area contributed by atoms with Crippen molar-refractivity contribution in [3.63, 3.8) is 0 Å². The first-order chi connectivity index (χ1) is 13.4. The number of hydrogen-bond acceptors (Lipinski definition) is 3. The number of rotatable bonds is 10. The van der Waals surface area contributed by atoms with Crippen LogP contribution in [0.5, 0.6) is 0 Å². The summed E-state index contributed by atoms with van der Waals surface area (Å²) >= 11 is 3.12. The van der Waals surface area contributed by atoms with E-state index in [1.54, 1.807) is 13.0 Å². The molecule has 28 heavy (non-hydrogen) atoms. The van der Waals surface area contributed by atoms with Gasteiger partial charge in [0.25, 0.3) is 0 Å². The van der Waals surface area contributed by atoms with E-state index in [0.717, 1.165) is 25.7 Å². The van der Waals surface area contributed by atoms with Gasteiger partial charge in [-0.15, -0.1) is 6.58 Å².